The molecular weight excluding hydrogens is 244 g/mol. The Morgan fingerprint density at radius 2 is 2.37 bits per heavy atom. The number of hydrogen-bond acceptors (Lipinski definition) is 4. The van der Waals surface area contributed by atoms with Crippen LogP contribution in [0.4, 0.5) is 0 Å². The Labute approximate surface area is 113 Å². The van der Waals surface area contributed by atoms with Crippen LogP contribution in [0.15, 0.2) is 23.8 Å². The minimum absolute atomic E-state index is 0.00442. The standard InChI is InChI=1S/C15H20O4/c1-9-11-6-5-10(8-16)4-3-7-15(2)13(19-15)12(11)18-14(9)17/h4,11-13,16H,1,3,5-8H2,2H3/b10-4+/t11-,12-,13+,15+/m0/s1. The molecule has 1 aliphatic carbocycles. The number of aliphatic hydroxyl groups excluding tert-OH is 1. The maximum Gasteiger partial charge on any atom is 0.334 e. The molecule has 0 spiro atoms. The number of esters is 1. The van der Waals surface area contributed by atoms with Crippen LogP contribution in [0.3, 0.4) is 0 Å². The van der Waals surface area contributed by atoms with E-state index in [4.69, 9.17) is 9.47 Å². The molecule has 104 valence electrons. The predicted molar refractivity (Wildman–Crippen MR) is 69.4 cm³/mol. The van der Waals surface area contributed by atoms with E-state index < -0.39 is 0 Å². The smallest absolute Gasteiger partial charge is 0.334 e. The van der Waals surface area contributed by atoms with Crippen LogP contribution in [0.2, 0.25) is 0 Å². The van der Waals surface area contributed by atoms with Crippen LogP contribution < -0.4 is 0 Å². The zero-order valence-electron chi connectivity index (χ0n) is 11.2. The topological polar surface area (TPSA) is 59.1 Å². The van der Waals surface area contributed by atoms with Gasteiger partial charge in [-0.15, -0.1) is 0 Å². The number of allylic oxidation sites excluding steroid dienone is 1. The molecule has 0 saturated carbocycles. The number of hydrogen-bond donors (Lipinski definition) is 1. The van der Waals surface area contributed by atoms with Gasteiger partial charge in [0.2, 0.25) is 0 Å². The average molecular weight is 264 g/mol. The molecule has 1 N–H and O–H groups in total. The van der Waals surface area contributed by atoms with Gasteiger partial charge in [0.1, 0.15) is 12.2 Å². The average Bonchev–Trinajstić information content (AvgIpc) is 2.97. The number of aliphatic hydroxyl groups is 1. The molecule has 3 rings (SSSR count). The van der Waals surface area contributed by atoms with E-state index in [1.807, 2.05) is 0 Å². The molecule has 0 bridgehead atoms. The number of carbonyl (C=O) groups excluding carboxylic acids is 1. The molecule has 0 amide bonds. The number of ether oxygens (including phenoxy) is 2. The largest absolute Gasteiger partial charge is 0.455 e. The van der Waals surface area contributed by atoms with E-state index in [1.54, 1.807) is 0 Å². The minimum atomic E-state index is -0.290. The molecule has 2 heterocycles. The Kier molecular flexibility index (Phi) is 3.02. The zero-order valence-corrected chi connectivity index (χ0v) is 11.2. The summed E-state index contributed by atoms with van der Waals surface area (Å²) < 4.78 is 11.3. The summed E-state index contributed by atoms with van der Waals surface area (Å²) in [5.74, 6) is -0.269. The lowest BCUT2D eigenvalue weighted by Crippen LogP contribution is -2.29. The molecule has 4 nitrogen and oxygen atoms in total. The number of carbonyl (C=O) groups is 1. The van der Waals surface area contributed by atoms with Crippen molar-refractivity contribution < 1.29 is 19.4 Å². The minimum Gasteiger partial charge on any atom is -0.455 e. The maximum absolute atomic E-state index is 11.7. The SMILES string of the molecule is C=C1C(=O)O[C@@H]2[C@H]3O[C@]3(C)CC/C=C(/CO)CC[C@@H]12. The molecule has 3 aliphatic rings. The van der Waals surface area contributed by atoms with E-state index in [0.29, 0.717) is 5.57 Å². The summed E-state index contributed by atoms with van der Waals surface area (Å²) >= 11 is 0. The first kappa shape index (κ1) is 12.9. The second-order valence-corrected chi connectivity index (χ2v) is 5.95. The molecule has 19 heavy (non-hydrogen) atoms. The Balaban J connectivity index is 1.86. The van der Waals surface area contributed by atoms with Gasteiger partial charge in [-0.25, -0.2) is 4.79 Å². The first-order valence-electron chi connectivity index (χ1n) is 6.91. The van der Waals surface area contributed by atoms with Gasteiger partial charge in [0.15, 0.2) is 0 Å². The summed E-state index contributed by atoms with van der Waals surface area (Å²) in [6.45, 7) is 6.01. The molecule has 4 heteroatoms. The highest BCUT2D eigenvalue weighted by Gasteiger charge is 2.61. The van der Waals surface area contributed by atoms with Gasteiger partial charge in [-0.2, -0.15) is 0 Å². The summed E-state index contributed by atoms with van der Waals surface area (Å²) in [7, 11) is 0. The van der Waals surface area contributed by atoms with Crippen molar-refractivity contribution in [2.75, 3.05) is 6.61 Å². The van der Waals surface area contributed by atoms with Crippen LogP contribution in [-0.2, 0) is 14.3 Å². The Morgan fingerprint density at radius 1 is 1.58 bits per heavy atom. The summed E-state index contributed by atoms with van der Waals surface area (Å²) in [5.41, 5.74) is 1.40. The van der Waals surface area contributed by atoms with Gasteiger partial charge in [-0.05, 0) is 38.2 Å². The third kappa shape index (κ3) is 2.13. The van der Waals surface area contributed by atoms with Crippen molar-refractivity contribution in [3.05, 3.63) is 23.8 Å². The third-order valence-corrected chi connectivity index (χ3v) is 4.64. The third-order valence-electron chi connectivity index (χ3n) is 4.64. The molecule has 4 atom stereocenters. The fourth-order valence-electron chi connectivity index (χ4n) is 3.26. The lowest BCUT2D eigenvalue weighted by molar-refractivity contribution is -0.140. The van der Waals surface area contributed by atoms with E-state index in [2.05, 4.69) is 19.6 Å². The van der Waals surface area contributed by atoms with Crippen LogP contribution in [0.25, 0.3) is 0 Å². The highest BCUT2D eigenvalue weighted by molar-refractivity contribution is 5.91. The van der Waals surface area contributed by atoms with E-state index in [-0.39, 0.29) is 36.3 Å². The molecule has 0 radical (unpaired) electrons. The van der Waals surface area contributed by atoms with E-state index in [0.717, 1.165) is 31.3 Å². The zero-order chi connectivity index (χ0) is 13.6. The Bertz CT molecular complexity index is 453. The lowest BCUT2D eigenvalue weighted by atomic mass is 9.84. The predicted octanol–water partition coefficient (Wildman–Crippen LogP) is 1.73. The van der Waals surface area contributed by atoms with Crippen molar-refractivity contribution in [2.24, 2.45) is 5.92 Å². The quantitative estimate of drug-likeness (QED) is 0.339. The summed E-state index contributed by atoms with van der Waals surface area (Å²) in [6.07, 6.45) is 5.29. The second kappa shape index (κ2) is 4.46. The lowest BCUT2D eigenvalue weighted by Gasteiger charge is -2.19. The molecule has 2 saturated heterocycles. The molecule has 0 aromatic rings. The second-order valence-electron chi connectivity index (χ2n) is 5.95. The molecular formula is C15H20O4. The van der Waals surface area contributed by atoms with Gasteiger partial charge in [0.05, 0.1) is 12.2 Å². The summed E-state index contributed by atoms with van der Waals surface area (Å²) in [5, 5.41) is 9.35. The van der Waals surface area contributed by atoms with Crippen LogP contribution in [0.1, 0.15) is 32.6 Å². The van der Waals surface area contributed by atoms with Crippen LogP contribution in [0.5, 0.6) is 0 Å². The number of fused-ring (bicyclic) bond motifs is 3. The normalized spacial score (nSPS) is 44.7. The monoisotopic (exact) mass is 264 g/mol. The fraction of sp³-hybridized carbons (Fsp3) is 0.667. The molecule has 2 aliphatic heterocycles. The van der Waals surface area contributed by atoms with E-state index in [1.165, 1.54) is 0 Å². The highest BCUT2D eigenvalue weighted by Crippen LogP contribution is 2.49. The van der Waals surface area contributed by atoms with Crippen LogP contribution >= 0.6 is 0 Å². The van der Waals surface area contributed by atoms with Crippen molar-refractivity contribution in [1.82, 2.24) is 0 Å². The van der Waals surface area contributed by atoms with E-state index in [9.17, 15) is 9.90 Å². The summed E-state index contributed by atoms with van der Waals surface area (Å²) in [4.78, 5) is 11.7. The van der Waals surface area contributed by atoms with Crippen LogP contribution in [0, 0.1) is 5.92 Å². The van der Waals surface area contributed by atoms with Gasteiger partial charge in [-0.1, -0.05) is 12.7 Å². The fourth-order valence-corrected chi connectivity index (χ4v) is 3.26. The molecule has 2 fully saturated rings. The molecule has 0 unspecified atom stereocenters. The summed E-state index contributed by atoms with van der Waals surface area (Å²) in [6, 6.07) is 0. The van der Waals surface area contributed by atoms with Gasteiger partial charge in [0.25, 0.3) is 0 Å². The Morgan fingerprint density at radius 3 is 3.11 bits per heavy atom. The van der Waals surface area contributed by atoms with Crippen molar-refractivity contribution in [2.45, 2.75) is 50.4 Å². The van der Waals surface area contributed by atoms with Crippen molar-refractivity contribution >= 4 is 5.97 Å². The number of epoxide rings is 1. The van der Waals surface area contributed by atoms with Gasteiger partial charge in [-0.3, -0.25) is 0 Å². The molecule has 0 aromatic heterocycles. The van der Waals surface area contributed by atoms with Crippen molar-refractivity contribution in [1.29, 1.82) is 0 Å². The first-order chi connectivity index (χ1) is 9.05. The Hall–Kier alpha value is -1.13. The first-order valence-corrected chi connectivity index (χ1v) is 6.91. The van der Waals surface area contributed by atoms with Crippen molar-refractivity contribution in [3.8, 4) is 0 Å². The van der Waals surface area contributed by atoms with Gasteiger partial charge < -0.3 is 14.6 Å². The highest BCUT2D eigenvalue weighted by atomic mass is 16.6. The van der Waals surface area contributed by atoms with Gasteiger partial charge in [0, 0.05) is 11.5 Å². The maximum atomic E-state index is 11.7. The molecule has 0 aromatic carbocycles. The van der Waals surface area contributed by atoms with Gasteiger partial charge >= 0.3 is 5.97 Å². The van der Waals surface area contributed by atoms with Crippen molar-refractivity contribution in [3.63, 3.8) is 0 Å². The van der Waals surface area contributed by atoms with E-state index >= 15 is 0 Å². The number of rotatable bonds is 1. The van der Waals surface area contributed by atoms with Crippen LogP contribution in [-0.4, -0.2) is 35.5 Å².